The normalized spacial score (nSPS) is 35.0. The van der Waals surface area contributed by atoms with Gasteiger partial charge in [-0.3, -0.25) is 0 Å². The Morgan fingerprint density at radius 3 is 3.31 bits per heavy atom. The molecule has 1 heterocycles. The van der Waals surface area contributed by atoms with Gasteiger partial charge in [0.15, 0.2) is 0 Å². The molecule has 0 aliphatic heterocycles. The van der Waals surface area contributed by atoms with Crippen LogP contribution < -0.4 is 5.73 Å². The second-order valence-corrected chi connectivity index (χ2v) is 4.53. The molecule has 2 atom stereocenters. The van der Waals surface area contributed by atoms with Crippen molar-refractivity contribution in [2.45, 2.75) is 37.5 Å². The number of nitrogen functional groups attached to an aromatic ring is 1. The van der Waals surface area contributed by atoms with Crippen LogP contribution >= 0.6 is 0 Å². The van der Waals surface area contributed by atoms with Crippen LogP contribution in [-0.2, 0) is 5.41 Å². The summed E-state index contributed by atoms with van der Waals surface area (Å²) in [5, 5.41) is 0. The molecule has 68 valence electrons. The first-order valence-corrected chi connectivity index (χ1v) is 4.82. The maximum atomic E-state index is 5.60. The number of nitrogens with two attached hydrogens (primary N) is 1. The Bertz CT molecular complexity index is 374. The van der Waals surface area contributed by atoms with Crippen LogP contribution in [0.5, 0.6) is 0 Å². The van der Waals surface area contributed by atoms with Crippen molar-refractivity contribution < 1.29 is 0 Å². The van der Waals surface area contributed by atoms with E-state index in [-0.39, 0.29) is 0 Å². The number of aromatic nitrogens is 2. The van der Waals surface area contributed by atoms with Crippen molar-refractivity contribution in [3.8, 4) is 0 Å². The van der Waals surface area contributed by atoms with Gasteiger partial charge >= 0.3 is 0 Å². The van der Waals surface area contributed by atoms with Crippen LogP contribution in [0.25, 0.3) is 0 Å². The first-order chi connectivity index (χ1) is 6.19. The third-order valence-corrected chi connectivity index (χ3v) is 3.59. The molecule has 0 amide bonds. The lowest BCUT2D eigenvalue weighted by molar-refractivity contribution is 0.490. The molecule has 0 aromatic carbocycles. The third-order valence-electron chi connectivity index (χ3n) is 3.59. The Labute approximate surface area is 77.4 Å². The zero-order chi connectivity index (χ0) is 9.05. The molecular formula is C10H13N3. The van der Waals surface area contributed by atoms with Crippen LogP contribution in [0.4, 0.5) is 5.95 Å². The van der Waals surface area contributed by atoms with E-state index in [1.165, 1.54) is 30.5 Å². The van der Waals surface area contributed by atoms with Gasteiger partial charge in [-0.25, -0.2) is 9.97 Å². The molecule has 1 aromatic rings. The summed E-state index contributed by atoms with van der Waals surface area (Å²) in [6.07, 6.45) is 5.74. The smallest absolute Gasteiger partial charge is 0.220 e. The monoisotopic (exact) mass is 175 g/mol. The van der Waals surface area contributed by atoms with E-state index in [1.807, 2.05) is 6.20 Å². The molecule has 3 heteroatoms. The van der Waals surface area contributed by atoms with Gasteiger partial charge in [0.1, 0.15) is 0 Å². The van der Waals surface area contributed by atoms with Crippen LogP contribution in [-0.4, -0.2) is 9.97 Å². The second kappa shape index (κ2) is 2.03. The molecular weight excluding hydrogens is 162 g/mol. The average Bonchev–Trinajstić information content (AvgIpc) is 2.59. The topological polar surface area (TPSA) is 51.8 Å². The molecule has 1 aromatic heterocycles. The molecule has 2 bridgehead atoms. The molecule has 2 aliphatic carbocycles. The lowest BCUT2D eigenvalue weighted by Crippen LogP contribution is -2.18. The molecule has 2 N–H and O–H groups in total. The number of hydrogen-bond donors (Lipinski definition) is 1. The van der Waals surface area contributed by atoms with Crippen LogP contribution in [0.1, 0.15) is 43.4 Å². The minimum absolute atomic E-state index is 0.303. The van der Waals surface area contributed by atoms with Crippen molar-refractivity contribution in [3.05, 3.63) is 17.5 Å². The van der Waals surface area contributed by atoms with Crippen molar-refractivity contribution >= 4 is 5.95 Å². The van der Waals surface area contributed by atoms with E-state index in [1.54, 1.807) is 0 Å². The first kappa shape index (κ1) is 7.30. The fourth-order valence-electron chi connectivity index (χ4n) is 2.91. The Balaban J connectivity index is 2.25. The van der Waals surface area contributed by atoms with Crippen molar-refractivity contribution in [2.24, 2.45) is 0 Å². The average molecular weight is 175 g/mol. The van der Waals surface area contributed by atoms with Gasteiger partial charge in [-0.2, -0.15) is 0 Å². The largest absolute Gasteiger partial charge is 0.368 e. The fraction of sp³-hybridized carbons (Fsp3) is 0.600. The third kappa shape index (κ3) is 0.794. The predicted octanol–water partition coefficient (Wildman–Crippen LogP) is 1.60. The van der Waals surface area contributed by atoms with Gasteiger partial charge in [-0.1, -0.05) is 6.92 Å². The number of hydrogen-bond acceptors (Lipinski definition) is 3. The zero-order valence-corrected chi connectivity index (χ0v) is 7.75. The summed E-state index contributed by atoms with van der Waals surface area (Å²) in [5.74, 6) is 1.13. The quantitative estimate of drug-likeness (QED) is 0.651. The summed E-state index contributed by atoms with van der Waals surface area (Å²) >= 11 is 0. The molecule has 1 fully saturated rings. The Kier molecular flexibility index (Phi) is 1.14. The maximum absolute atomic E-state index is 5.60. The Hall–Kier alpha value is -1.12. The molecule has 2 aliphatic rings. The van der Waals surface area contributed by atoms with Crippen molar-refractivity contribution in [3.63, 3.8) is 0 Å². The number of fused-ring (bicyclic) bond motifs is 5. The summed E-state index contributed by atoms with van der Waals surface area (Å²) in [7, 11) is 0. The molecule has 13 heavy (non-hydrogen) atoms. The van der Waals surface area contributed by atoms with Crippen molar-refractivity contribution in [1.29, 1.82) is 0 Å². The Morgan fingerprint density at radius 2 is 2.46 bits per heavy atom. The van der Waals surface area contributed by atoms with E-state index in [9.17, 15) is 0 Å². The highest BCUT2D eigenvalue weighted by molar-refractivity contribution is 5.41. The minimum Gasteiger partial charge on any atom is -0.368 e. The van der Waals surface area contributed by atoms with Crippen molar-refractivity contribution in [1.82, 2.24) is 9.97 Å². The molecule has 0 radical (unpaired) electrons. The molecule has 3 rings (SSSR count). The lowest BCUT2D eigenvalue weighted by atomic mass is 9.85. The van der Waals surface area contributed by atoms with E-state index in [2.05, 4.69) is 16.9 Å². The molecule has 1 saturated carbocycles. The van der Waals surface area contributed by atoms with Gasteiger partial charge < -0.3 is 5.73 Å². The van der Waals surface area contributed by atoms with Gasteiger partial charge in [0.2, 0.25) is 5.95 Å². The van der Waals surface area contributed by atoms with Crippen molar-refractivity contribution in [2.75, 3.05) is 5.73 Å². The van der Waals surface area contributed by atoms with Gasteiger partial charge in [0.25, 0.3) is 0 Å². The molecule has 2 unspecified atom stereocenters. The van der Waals surface area contributed by atoms with Gasteiger partial charge in [0.05, 0.1) is 5.69 Å². The summed E-state index contributed by atoms with van der Waals surface area (Å²) in [4.78, 5) is 8.44. The van der Waals surface area contributed by atoms with Crippen LogP contribution in [0, 0.1) is 0 Å². The SMILES string of the molecule is CC12CCC(C1)c1cnc(N)nc12. The molecule has 0 spiro atoms. The summed E-state index contributed by atoms with van der Waals surface area (Å²) in [6.45, 7) is 2.30. The van der Waals surface area contributed by atoms with Crippen LogP contribution in [0.2, 0.25) is 0 Å². The summed E-state index contributed by atoms with van der Waals surface area (Å²) < 4.78 is 0. The van der Waals surface area contributed by atoms with Gasteiger partial charge in [0, 0.05) is 11.6 Å². The van der Waals surface area contributed by atoms with Crippen LogP contribution in [0.3, 0.4) is 0 Å². The van der Waals surface area contributed by atoms with E-state index in [0.29, 0.717) is 17.3 Å². The van der Waals surface area contributed by atoms with Gasteiger partial charge in [-0.15, -0.1) is 0 Å². The van der Waals surface area contributed by atoms with E-state index < -0.39 is 0 Å². The second-order valence-electron chi connectivity index (χ2n) is 4.53. The summed E-state index contributed by atoms with van der Waals surface area (Å²) in [5.41, 5.74) is 8.47. The predicted molar refractivity (Wildman–Crippen MR) is 50.4 cm³/mol. The Morgan fingerprint density at radius 1 is 1.62 bits per heavy atom. The molecule has 0 saturated heterocycles. The number of rotatable bonds is 0. The van der Waals surface area contributed by atoms with Crippen LogP contribution in [0.15, 0.2) is 6.20 Å². The number of anilines is 1. The fourth-order valence-corrected chi connectivity index (χ4v) is 2.91. The standard InChI is InChI=1S/C10H13N3/c1-10-3-2-6(4-10)7-5-12-9(11)13-8(7)10/h5-6H,2-4H2,1H3,(H2,11,12,13). The highest BCUT2D eigenvalue weighted by Crippen LogP contribution is 2.55. The van der Waals surface area contributed by atoms with E-state index in [0.717, 1.165) is 0 Å². The minimum atomic E-state index is 0.303. The van der Waals surface area contributed by atoms with Gasteiger partial charge in [-0.05, 0) is 30.7 Å². The lowest BCUT2D eigenvalue weighted by Gasteiger charge is -2.22. The highest BCUT2D eigenvalue weighted by Gasteiger charge is 2.47. The van der Waals surface area contributed by atoms with E-state index in [4.69, 9.17) is 5.73 Å². The maximum Gasteiger partial charge on any atom is 0.220 e. The van der Waals surface area contributed by atoms with E-state index >= 15 is 0 Å². The zero-order valence-electron chi connectivity index (χ0n) is 7.75. The molecule has 3 nitrogen and oxygen atoms in total. The first-order valence-electron chi connectivity index (χ1n) is 4.82. The number of nitrogens with zero attached hydrogens (tertiary/aromatic N) is 2. The summed E-state index contributed by atoms with van der Waals surface area (Å²) in [6, 6.07) is 0. The highest BCUT2D eigenvalue weighted by atomic mass is 15.0.